The fourth-order valence-corrected chi connectivity index (χ4v) is 4.67. The second-order valence-electron chi connectivity index (χ2n) is 10.0. The first-order valence-electron chi connectivity index (χ1n) is 11.5. The van der Waals surface area contributed by atoms with Gasteiger partial charge in [0.2, 0.25) is 0 Å². The molecule has 1 N–H and O–H groups in total. The minimum absolute atomic E-state index is 0.0996. The Bertz CT molecular complexity index is 969. The summed E-state index contributed by atoms with van der Waals surface area (Å²) in [6, 6.07) is 8.43. The first kappa shape index (κ1) is 23.4. The van der Waals surface area contributed by atoms with Gasteiger partial charge in [0, 0.05) is 30.7 Å². The standard InChI is InChI=1S/C25H32F2N4O2/c1-25(2,3)33-24(32)29-21-8-10-22(11-9-21)30-15-18-12-20(27)13-28-23(18)31(16-30)14-17-4-6-19(26)7-5-17/h4-7,12-13,21-22H,8-11,14-16H2,1-3H3,(H,29,32). The SMILES string of the molecule is CC(C)(C)OC(=O)NC1CCC(N2Cc3cc(F)cnc3N(Cc3ccc(F)cc3)C2)CC1. The van der Waals surface area contributed by atoms with Gasteiger partial charge in [-0.05, 0) is 70.2 Å². The molecule has 0 spiro atoms. The van der Waals surface area contributed by atoms with E-state index in [1.807, 2.05) is 20.8 Å². The number of halogens is 2. The van der Waals surface area contributed by atoms with E-state index < -0.39 is 5.60 Å². The van der Waals surface area contributed by atoms with Crippen molar-refractivity contribution in [3.8, 4) is 0 Å². The molecule has 1 aromatic carbocycles. The van der Waals surface area contributed by atoms with Crippen LogP contribution in [0.5, 0.6) is 0 Å². The van der Waals surface area contributed by atoms with Gasteiger partial charge in [-0.1, -0.05) is 12.1 Å². The number of carbonyl (C=O) groups is 1. The van der Waals surface area contributed by atoms with Crippen LogP contribution in [0.25, 0.3) is 0 Å². The minimum Gasteiger partial charge on any atom is -0.444 e. The van der Waals surface area contributed by atoms with Gasteiger partial charge in [-0.25, -0.2) is 18.6 Å². The lowest BCUT2D eigenvalue weighted by Gasteiger charge is -2.43. The van der Waals surface area contributed by atoms with Crippen molar-refractivity contribution in [1.29, 1.82) is 0 Å². The van der Waals surface area contributed by atoms with Crippen LogP contribution in [-0.4, -0.2) is 40.3 Å². The summed E-state index contributed by atoms with van der Waals surface area (Å²) in [6.45, 7) is 7.43. The number of fused-ring (bicyclic) bond motifs is 1. The van der Waals surface area contributed by atoms with Crippen molar-refractivity contribution in [2.75, 3.05) is 11.6 Å². The molecule has 1 aliphatic heterocycles. The highest BCUT2D eigenvalue weighted by Gasteiger charge is 2.32. The number of nitrogens with zero attached hydrogens (tertiary/aromatic N) is 3. The Hall–Kier alpha value is -2.74. The molecule has 6 nitrogen and oxygen atoms in total. The molecule has 0 bridgehead atoms. The third-order valence-corrected chi connectivity index (χ3v) is 6.16. The van der Waals surface area contributed by atoms with E-state index in [-0.39, 0.29) is 23.8 Å². The summed E-state index contributed by atoms with van der Waals surface area (Å²) in [7, 11) is 0. The fourth-order valence-electron chi connectivity index (χ4n) is 4.67. The molecule has 0 saturated heterocycles. The summed E-state index contributed by atoms with van der Waals surface area (Å²) in [5, 5.41) is 2.99. The van der Waals surface area contributed by atoms with Crippen LogP contribution in [0.1, 0.15) is 57.6 Å². The maximum atomic E-state index is 14.0. The highest BCUT2D eigenvalue weighted by molar-refractivity contribution is 5.68. The highest BCUT2D eigenvalue weighted by atomic mass is 19.1. The molecule has 2 aromatic rings. The summed E-state index contributed by atoms with van der Waals surface area (Å²) in [5.74, 6) is 0.163. The van der Waals surface area contributed by atoms with E-state index in [1.165, 1.54) is 18.3 Å². The summed E-state index contributed by atoms with van der Waals surface area (Å²) in [4.78, 5) is 20.9. The Labute approximate surface area is 193 Å². The third-order valence-electron chi connectivity index (χ3n) is 6.16. The average molecular weight is 459 g/mol. The number of hydrogen-bond donors (Lipinski definition) is 1. The van der Waals surface area contributed by atoms with Crippen LogP contribution in [-0.2, 0) is 17.8 Å². The first-order valence-corrected chi connectivity index (χ1v) is 11.5. The Balaban J connectivity index is 1.41. The van der Waals surface area contributed by atoms with E-state index in [0.29, 0.717) is 25.8 Å². The minimum atomic E-state index is -0.514. The Morgan fingerprint density at radius 1 is 1.12 bits per heavy atom. The molecular formula is C25H32F2N4O2. The molecular weight excluding hydrogens is 426 g/mol. The Morgan fingerprint density at radius 2 is 1.82 bits per heavy atom. The molecule has 33 heavy (non-hydrogen) atoms. The quantitative estimate of drug-likeness (QED) is 0.701. The van der Waals surface area contributed by atoms with Crippen LogP contribution in [0.3, 0.4) is 0 Å². The van der Waals surface area contributed by atoms with Crippen molar-refractivity contribution in [3.63, 3.8) is 0 Å². The van der Waals surface area contributed by atoms with Gasteiger partial charge in [0.1, 0.15) is 23.1 Å². The van der Waals surface area contributed by atoms with Gasteiger partial charge < -0.3 is 15.0 Å². The van der Waals surface area contributed by atoms with Crippen molar-refractivity contribution in [2.24, 2.45) is 0 Å². The van der Waals surface area contributed by atoms with Gasteiger partial charge in [0.05, 0.1) is 12.9 Å². The van der Waals surface area contributed by atoms with Gasteiger partial charge in [-0.3, -0.25) is 4.90 Å². The van der Waals surface area contributed by atoms with E-state index in [2.05, 4.69) is 20.1 Å². The average Bonchev–Trinajstić information content (AvgIpc) is 2.74. The Kier molecular flexibility index (Phi) is 6.83. The number of rotatable bonds is 4. The second-order valence-corrected chi connectivity index (χ2v) is 10.0. The molecule has 0 unspecified atom stereocenters. The van der Waals surface area contributed by atoms with Crippen LogP contribution in [0.2, 0.25) is 0 Å². The van der Waals surface area contributed by atoms with Crippen molar-refractivity contribution < 1.29 is 18.3 Å². The number of ether oxygens (including phenoxy) is 1. The van der Waals surface area contributed by atoms with Gasteiger partial charge in [0.15, 0.2) is 0 Å². The van der Waals surface area contributed by atoms with E-state index in [4.69, 9.17) is 4.74 Å². The fraction of sp³-hybridized carbons (Fsp3) is 0.520. The number of anilines is 1. The third kappa shape index (κ3) is 6.19. The molecule has 1 fully saturated rings. The first-order chi connectivity index (χ1) is 15.7. The highest BCUT2D eigenvalue weighted by Crippen LogP contribution is 2.32. The van der Waals surface area contributed by atoms with Crippen LogP contribution >= 0.6 is 0 Å². The predicted molar refractivity (Wildman–Crippen MR) is 123 cm³/mol. The zero-order valence-corrected chi connectivity index (χ0v) is 19.5. The van der Waals surface area contributed by atoms with E-state index in [0.717, 1.165) is 42.6 Å². The number of hydrogen-bond acceptors (Lipinski definition) is 5. The zero-order valence-electron chi connectivity index (χ0n) is 19.5. The lowest BCUT2D eigenvalue weighted by Crippen LogP contribution is -2.50. The molecule has 1 saturated carbocycles. The predicted octanol–water partition coefficient (Wildman–Crippen LogP) is 4.98. The summed E-state index contributed by atoms with van der Waals surface area (Å²) < 4.78 is 32.7. The smallest absolute Gasteiger partial charge is 0.407 e. The van der Waals surface area contributed by atoms with Crippen molar-refractivity contribution >= 4 is 11.9 Å². The summed E-state index contributed by atoms with van der Waals surface area (Å²) in [5.41, 5.74) is 1.32. The van der Waals surface area contributed by atoms with E-state index >= 15 is 0 Å². The summed E-state index contributed by atoms with van der Waals surface area (Å²) >= 11 is 0. The van der Waals surface area contributed by atoms with Gasteiger partial charge in [-0.2, -0.15) is 0 Å². The number of pyridine rings is 1. The molecule has 0 atom stereocenters. The molecule has 4 rings (SSSR count). The molecule has 0 radical (unpaired) electrons. The lowest BCUT2D eigenvalue weighted by atomic mass is 9.89. The molecule has 2 aliphatic rings. The number of nitrogens with one attached hydrogen (secondary N) is 1. The molecule has 8 heteroatoms. The molecule has 178 valence electrons. The molecule has 1 aromatic heterocycles. The van der Waals surface area contributed by atoms with Crippen molar-refractivity contribution in [1.82, 2.24) is 15.2 Å². The van der Waals surface area contributed by atoms with Crippen molar-refractivity contribution in [3.05, 3.63) is 59.3 Å². The number of benzene rings is 1. The topological polar surface area (TPSA) is 57.7 Å². The van der Waals surface area contributed by atoms with Crippen LogP contribution in [0, 0.1) is 11.6 Å². The maximum absolute atomic E-state index is 14.0. The maximum Gasteiger partial charge on any atom is 0.407 e. The molecule has 1 amide bonds. The van der Waals surface area contributed by atoms with E-state index in [9.17, 15) is 13.6 Å². The zero-order chi connectivity index (χ0) is 23.6. The summed E-state index contributed by atoms with van der Waals surface area (Å²) in [6.07, 6.45) is 4.48. The molecule has 2 heterocycles. The monoisotopic (exact) mass is 458 g/mol. The lowest BCUT2D eigenvalue weighted by molar-refractivity contribution is 0.0473. The van der Waals surface area contributed by atoms with Crippen LogP contribution < -0.4 is 10.2 Å². The largest absolute Gasteiger partial charge is 0.444 e. The Morgan fingerprint density at radius 3 is 2.48 bits per heavy atom. The van der Waals surface area contributed by atoms with E-state index in [1.54, 1.807) is 18.2 Å². The number of alkyl carbamates (subject to hydrolysis) is 1. The number of carbonyl (C=O) groups excluding carboxylic acids is 1. The van der Waals surface area contributed by atoms with Crippen LogP contribution in [0.15, 0.2) is 36.5 Å². The van der Waals surface area contributed by atoms with Gasteiger partial charge >= 0.3 is 6.09 Å². The molecule has 1 aliphatic carbocycles. The normalized spacial score (nSPS) is 21.4. The van der Waals surface area contributed by atoms with Crippen LogP contribution in [0.4, 0.5) is 19.4 Å². The van der Waals surface area contributed by atoms with Gasteiger partial charge in [0.25, 0.3) is 0 Å². The number of aromatic nitrogens is 1. The van der Waals surface area contributed by atoms with Gasteiger partial charge in [-0.15, -0.1) is 0 Å². The second kappa shape index (κ2) is 9.63. The van der Waals surface area contributed by atoms with Crippen molar-refractivity contribution in [2.45, 2.75) is 77.2 Å². The number of amides is 1.